The molecule has 0 atom stereocenters. The van der Waals surface area contributed by atoms with Gasteiger partial charge in [-0.1, -0.05) is 6.07 Å². The second-order valence-corrected chi connectivity index (χ2v) is 5.51. The molecule has 0 unspecified atom stereocenters. The van der Waals surface area contributed by atoms with Crippen molar-refractivity contribution < 1.29 is 9.47 Å². The molecule has 0 aliphatic rings. The number of aryl methyl sites for hydroxylation is 1. The van der Waals surface area contributed by atoms with E-state index in [0.717, 1.165) is 30.3 Å². The van der Waals surface area contributed by atoms with Gasteiger partial charge < -0.3 is 20.1 Å². The molecule has 0 bridgehead atoms. The fourth-order valence-corrected chi connectivity index (χ4v) is 2.30. The molecule has 0 aliphatic carbocycles. The first-order valence-electron chi connectivity index (χ1n) is 8.35. The number of guanidine groups is 1. The van der Waals surface area contributed by atoms with Gasteiger partial charge in [-0.05, 0) is 44.0 Å². The number of aromatic nitrogens is 1. The maximum absolute atomic E-state index is 5.33. The average molecular weight is 342 g/mol. The van der Waals surface area contributed by atoms with E-state index in [0.29, 0.717) is 18.0 Å². The first-order chi connectivity index (χ1) is 12.2. The standard InChI is InChI=1S/C19H26N4O2/c1-5-20-19(21-11-10-15-7-6-14(2)22-13-15)23-16-8-9-17(24-3)18(12-16)25-4/h6-9,12-13H,5,10-11H2,1-4H3,(H2,20,21,23). The van der Waals surface area contributed by atoms with Crippen LogP contribution in [0, 0.1) is 6.92 Å². The Labute approximate surface area is 149 Å². The Morgan fingerprint density at radius 2 is 1.92 bits per heavy atom. The number of methoxy groups -OCH3 is 2. The quantitative estimate of drug-likeness (QED) is 0.598. The van der Waals surface area contributed by atoms with Crippen LogP contribution in [0.1, 0.15) is 18.2 Å². The van der Waals surface area contributed by atoms with Crippen LogP contribution in [-0.4, -0.2) is 38.3 Å². The Morgan fingerprint density at radius 1 is 1.12 bits per heavy atom. The number of hydrogen-bond donors (Lipinski definition) is 2. The van der Waals surface area contributed by atoms with Crippen LogP contribution >= 0.6 is 0 Å². The molecule has 6 heteroatoms. The third-order valence-corrected chi connectivity index (χ3v) is 3.63. The fourth-order valence-electron chi connectivity index (χ4n) is 2.30. The Morgan fingerprint density at radius 3 is 2.56 bits per heavy atom. The lowest BCUT2D eigenvalue weighted by molar-refractivity contribution is 0.355. The molecule has 1 heterocycles. The van der Waals surface area contributed by atoms with Crippen LogP contribution < -0.4 is 20.1 Å². The summed E-state index contributed by atoms with van der Waals surface area (Å²) in [4.78, 5) is 8.93. The zero-order valence-corrected chi connectivity index (χ0v) is 15.3. The second kappa shape index (κ2) is 9.52. The molecule has 6 nitrogen and oxygen atoms in total. The van der Waals surface area contributed by atoms with Crippen molar-refractivity contribution in [3.05, 3.63) is 47.8 Å². The van der Waals surface area contributed by atoms with Crippen molar-refractivity contribution in [3.63, 3.8) is 0 Å². The van der Waals surface area contributed by atoms with Gasteiger partial charge >= 0.3 is 0 Å². The molecule has 1 aromatic carbocycles. The summed E-state index contributed by atoms with van der Waals surface area (Å²) in [5, 5.41) is 6.53. The Kier molecular flexibility index (Phi) is 7.07. The molecule has 0 radical (unpaired) electrons. The SMILES string of the molecule is CCNC(=NCCc1ccc(C)nc1)Nc1ccc(OC)c(OC)c1. The molecular weight excluding hydrogens is 316 g/mol. The zero-order chi connectivity index (χ0) is 18.1. The highest BCUT2D eigenvalue weighted by atomic mass is 16.5. The van der Waals surface area contributed by atoms with Gasteiger partial charge in [-0.25, -0.2) is 0 Å². The Hall–Kier alpha value is -2.76. The molecule has 0 fully saturated rings. The average Bonchev–Trinajstić information content (AvgIpc) is 2.63. The summed E-state index contributed by atoms with van der Waals surface area (Å²) in [6.07, 6.45) is 2.75. The number of benzene rings is 1. The molecule has 134 valence electrons. The van der Waals surface area contributed by atoms with Crippen molar-refractivity contribution in [2.45, 2.75) is 20.3 Å². The van der Waals surface area contributed by atoms with Crippen molar-refractivity contribution in [1.29, 1.82) is 0 Å². The van der Waals surface area contributed by atoms with Gasteiger partial charge in [-0.3, -0.25) is 9.98 Å². The first-order valence-corrected chi connectivity index (χ1v) is 8.35. The van der Waals surface area contributed by atoms with E-state index in [2.05, 4.69) is 26.7 Å². The van der Waals surface area contributed by atoms with Crippen molar-refractivity contribution >= 4 is 11.6 Å². The van der Waals surface area contributed by atoms with E-state index in [9.17, 15) is 0 Å². The van der Waals surface area contributed by atoms with Crippen LogP contribution in [0.3, 0.4) is 0 Å². The monoisotopic (exact) mass is 342 g/mol. The van der Waals surface area contributed by atoms with Crippen molar-refractivity contribution in [1.82, 2.24) is 10.3 Å². The maximum atomic E-state index is 5.33. The highest BCUT2D eigenvalue weighted by Gasteiger charge is 2.06. The van der Waals surface area contributed by atoms with Crippen molar-refractivity contribution in [2.24, 2.45) is 4.99 Å². The first kappa shape index (κ1) is 18.6. The predicted octanol–water partition coefficient (Wildman–Crippen LogP) is 3.03. The molecule has 0 aliphatic heterocycles. The van der Waals surface area contributed by atoms with Gasteiger partial charge in [0.1, 0.15) is 0 Å². The van der Waals surface area contributed by atoms with E-state index in [-0.39, 0.29) is 0 Å². The minimum absolute atomic E-state index is 0.674. The zero-order valence-electron chi connectivity index (χ0n) is 15.3. The molecule has 1 aromatic heterocycles. The number of ether oxygens (including phenoxy) is 2. The molecule has 0 amide bonds. The highest BCUT2D eigenvalue weighted by Crippen LogP contribution is 2.29. The number of pyridine rings is 1. The Bertz CT molecular complexity index is 699. The topological polar surface area (TPSA) is 67.8 Å². The van der Waals surface area contributed by atoms with Gasteiger partial charge in [0.2, 0.25) is 0 Å². The van der Waals surface area contributed by atoms with Crippen LogP contribution in [0.2, 0.25) is 0 Å². The van der Waals surface area contributed by atoms with Crippen LogP contribution in [0.25, 0.3) is 0 Å². The molecule has 2 rings (SSSR count). The number of nitrogens with zero attached hydrogens (tertiary/aromatic N) is 2. The fraction of sp³-hybridized carbons (Fsp3) is 0.368. The summed E-state index contributed by atoms with van der Waals surface area (Å²) in [6, 6.07) is 9.79. The molecule has 25 heavy (non-hydrogen) atoms. The molecular formula is C19H26N4O2. The van der Waals surface area contributed by atoms with Crippen molar-refractivity contribution in [3.8, 4) is 11.5 Å². The Balaban J connectivity index is 2.03. The largest absolute Gasteiger partial charge is 0.493 e. The number of aliphatic imine (C=N–C) groups is 1. The summed E-state index contributed by atoms with van der Waals surface area (Å²) in [5.41, 5.74) is 3.08. The summed E-state index contributed by atoms with van der Waals surface area (Å²) < 4.78 is 10.6. The minimum Gasteiger partial charge on any atom is -0.493 e. The van der Waals surface area contributed by atoms with E-state index in [1.165, 1.54) is 5.56 Å². The van der Waals surface area contributed by atoms with Crippen LogP contribution in [-0.2, 0) is 6.42 Å². The minimum atomic E-state index is 0.674. The van der Waals surface area contributed by atoms with Crippen LogP contribution in [0.15, 0.2) is 41.5 Å². The molecule has 0 saturated heterocycles. The van der Waals surface area contributed by atoms with Gasteiger partial charge in [0.25, 0.3) is 0 Å². The number of rotatable bonds is 7. The van der Waals surface area contributed by atoms with E-state index < -0.39 is 0 Å². The number of anilines is 1. The lowest BCUT2D eigenvalue weighted by Crippen LogP contribution is -2.30. The van der Waals surface area contributed by atoms with Gasteiger partial charge in [0.15, 0.2) is 17.5 Å². The highest BCUT2D eigenvalue weighted by molar-refractivity contribution is 5.93. The van der Waals surface area contributed by atoms with Crippen LogP contribution in [0.5, 0.6) is 11.5 Å². The number of nitrogens with one attached hydrogen (secondary N) is 2. The van der Waals surface area contributed by atoms with E-state index in [4.69, 9.17) is 9.47 Å². The number of hydrogen-bond acceptors (Lipinski definition) is 4. The van der Waals surface area contributed by atoms with Gasteiger partial charge in [0, 0.05) is 36.7 Å². The smallest absolute Gasteiger partial charge is 0.195 e. The van der Waals surface area contributed by atoms with Gasteiger partial charge in [-0.2, -0.15) is 0 Å². The third kappa shape index (κ3) is 5.67. The molecule has 2 N–H and O–H groups in total. The molecule has 0 spiro atoms. The van der Waals surface area contributed by atoms with E-state index in [1.54, 1.807) is 14.2 Å². The summed E-state index contributed by atoms with van der Waals surface area (Å²) in [7, 11) is 3.24. The lowest BCUT2D eigenvalue weighted by atomic mass is 10.2. The van der Waals surface area contributed by atoms with E-state index in [1.807, 2.05) is 44.3 Å². The normalized spacial score (nSPS) is 11.1. The molecule has 2 aromatic rings. The van der Waals surface area contributed by atoms with Crippen LogP contribution in [0.4, 0.5) is 5.69 Å². The maximum Gasteiger partial charge on any atom is 0.195 e. The second-order valence-electron chi connectivity index (χ2n) is 5.51. The third-order valence-electron chi connectivity index (χ3n) is 3.63. The summed E-state index contributed by atoms with van der Waals surface area (Å²) in [6.45, 7) is 5.48. The summed E-state index contributed by atoms with van der Waals surface area (Å²) in [5.74, 6) is 2.10. The summed E-state index contributed by atoms with van der Waals surface area (Å²) >= 11 is 0. The predicted molar refractivity (Wildman–Crippen MR) is 102 cm³/mol. The molecule has 0 saturated carbocycles. The van der Waals surface area contributed by atoms with E-state index >= 15 is 0 Å². The van der Waals surface area contributed by atoms with Gasteiger partial charge in [0.05, 0.1) is 14.2 Å². The van der Waals surface area contributed by atoms with Gasteiger partial charge in [-0.15, -0.1) is 0 Å². The lowest BCUT2D eigenvalue weighted by Gasteiger charge is -2.13. The van der Waals surface area contributed by atoms with Crippen molar-refractivity contribution in [2.75, 3.05) is 32.6 Å².